The largest absolute Gasteiger partial charge is 0.489 e. The third-order valence-electron chi connectivity index (χ3n) is 5.15. The quantitative estimate of drug-likeness (QED) is 0.181. The van der Waals surface area contributed by atoms with Gasteiger partial charge in [0.25, 0.3) is 5.56 Å². The third kappa shape index (κ3) is 4.85. The third-order valence-corrected chi connectivity index (χ3v) is 6.82. The van der Waals surface area contributed by atoms with E-state index in [1.165, 1.54) is 4.68 Å². The molecule has 2 aromatic heterocycles. The summed E-state index contributed by atoms with van der Waals surface area (Å²) in [6.07, 6.45) is 1.63. The van der Waals surface area contributed by atoms with E-state index in [2.05, 4.69) is 52.9 Å². The summed E-state index contributed by atoms with van der Waals surface area (Å²) in [5.41, 5.74) is 1.73. The highest BCUT2D eigenvalue weighted by Crippen LogP contribution is 2.35. The van der Waals surface area contributed by atoms with Crippen LogP contribution >= 0.6 is 47.8 Å². The molecule has 0 aliphatic rings. The highest BCUT2D eigenvalue weighted by atomic mass is 79.9. The van der Waals surface area contributed by atoms with Crippen LogP contribution in [0.5, 0.6) is 5.75 Å². The van der Waals surface area contributed by atoms with Crippen molar-refractivity contribution in [3.05, 3.63) is 90.0 Å². The smallest absolute Gasteiger partial charge is 0.282 e. The second-order valence-corrected chi connectivity index (χ2v) is 10.7. The van der Waals surface area contributed by atoms with E-state index in [-0.39, 0.29) is 11.7 Å². The molecule has 0 saturated carbocycles. The zero-order valence-corrected chi connectivity index (χ0v) is 23.4. The van der Waals surface area contributed by atoms with Gasteiger partial charge in [-0.25, -0.2) is 4.98 Å². The average molecular weight is 660 g/mol. The van der Waals surface area contributed by atoms with Crippen LogP contribution in [0.2, 0.25) is 0 Å². The lowest BCUT2D eigenvalue weighted by atomic mass is 10.2. The molecular weight excluding hydrogens is 642 g/mol. The van der Waals surface area contributed by atoms with Crippen molar-refractivity contribution in [2.45, 2.75) is 20.0 Å². The summed E-state index contributed by atoms with van der Waals surface area (Å²) in [6.45, 7) is 3.93. The Hall–Kier alpha value is -2.75. The molecule has 0 aliphatic carbocycles. The van der Waals surface area contributed by atoms with Gasteiger partial charge in [-0.3, -0.25) is 4.79 Å². The van der Waals surface area contributed by atoms with Crippen molar-refractivity contribution in [2.24, 2.45) is 5.10 Å². The van der Waals surface area contributed by atoms with Crippen LogP contribution in [-0.4, -0.2) is 22.0 Å². The molecule has 176 valence electrons. The summed E-state index contributed by atoms with van der Waals surface area (Å²) in [7, 11) is 0. The summed E-state index contributed by atoms with van der Waals surface area (Å²) >= 11 is 10.6. The molecule has 0 unspecified atom stereocenters. The molecule has 5 rings (SSSR count). The van der Waals surface area contributed by atoms with E-state index < -0.39 is 0 Å². The van der Waals surface area contributed by atoms with Crippen molar-refractivity contribution in [1.82, 2.24) is 9.66 Å². The van der Waals surface area contributed by atoms with Gasteiger partial charge in [0.15, 0.2) is 5.76 Å². The minimum Gasteiger partial charge on any atom is -0.489 e. The summed E-state index contributed by atoms with van der Waals surface area (Å²) in [5, 5.41) is 5.89. The predicted octanol–water partition coefficient (Wildman–Crippen LogP) is 7.77. The molecule has 0 aliphatic heterocycles. The maximum Gasteiger partial charge on any atom is 0.282 e. The molecule has 35 heavy (non-hydrogen) atoms. The topological polar surface area (TPSA) is 69.6 Å². The molecule has 0 radical (unpaired) electrons. The zero-order valence-electron chi connectivity index (χ0n) is 18.6. The van der Waals surface area contributed by atoms with Crippen molar-refractivity contribution < 1.29 is 9.15 Å². The first-order valence-corrected chi connectivity index (χ1v) is 13.1. The van der Waals surface area contributed by atoms with Gasteiger partial charge >= 0.3 is 0 Å². The standard InChI is InChI=1S/C26H18Br3N3O3/c1-14(2)34-24-19(28)9-15(10-20(24)29)13-30-32-25(31-21-6-4-3-5-18(21)26(32)33)23-12-16-11-17(27)7-8-22(16)35-23/h3-14H,1-2H3. The van der Waals surface area contributed by atoms with Gasteiger partial charge in [0.1, 0.15) is 11.3 Å². The first-order valence-electron chi connectivity index (χ1n) is 10.7. The van der Waals surface area contributed by atoms with Gasteiger partial charge in [-0.2, -0.15) is 9.78 Å². The fourth-order valence-electron chi connectivity index (χ4n) is 3.64. The van der Waals surface area contributed by atoms with Crippen LogP contribution in [0, 0.1) is 0 Å². The van der Waals surface area contributed by atoms with E-state index in [0.29, 0.717) is 33.8 Å². The van der Waals surface area contributed by atoms with E-state index in [4.69, 9.17) is 14.1 Å². The second kappa shape index (κ2) is 9.72. The molecule has 0 fully saturated rings. The molecule has 0 N–H and O–H groups in total. The van der Waals surface area contributed by atoms with Crippen molar-refractivity contribution >= 4 is 75.9 Å². The molecule has 0 bridgehead atoms. The number of aromatic nitrogens is 2. The Balaban J connectivity index is 1.66. The van der Waals surface area contributed by atoms with Crippen LogP contribution < -0.4 is 10.3 Å². The van der Waals surface area contributed by atoms with Gasteiger partial charge in [0.2, 0.25) is 5.82 Å². The van der Waals surface area contributed by atoms with Gasteiger partial charge in [-0.1, -0.05) is 28.1 Å². The summed E-state index contributed by atoms with van der Waals surface area (Å²) in [6, 6.07) is 18.5. The number of para-hydroxylation sites is 1. The lowest BCUT2D eigenvalue weighted by molar-refractivity contribution is 0.239. The zero-order chi connectivity index (χ0) is 24.7. The lowest BCUT2D eigenvalue weighted by Crippen LogP contribution is -2.20. The second-order valence-electron chi connectivity index (χ2n) is 8.09. The number of ether oxygens (including phenoxy) is 1. The molecule has 9 heteroatoms. The van der Waals surface area contributed by atoms with Crippen LogP contribution in [0.15, 0.2) is 88.4 Å². The minimum absolute atomic E-state index is 0.0244. The van der Waals surface area contributed by atoms with Gasteiger partial charge in [-0.15, -0.1) is 0 Å². The van der Waals surface area contributed by atoms with Gasteiger partial charge < -0.3 is 9.15 Å². The number of hydrogen-bond donors (Lipinski definition) is 0. The highest BCUT2D eigenvalue weighted by Gasteiger charge is 2.17. The van der Waals surface area contributed by atoms with Crippen LogP contribution in [-0.2, 0) is 0 Å². The molecule has 0 amide bonds. The van der Waals surface area contributed by atoms with Crippen LogP contribution in [0.3, 0.4) is 0 Å². The number of furan rings is 1. The van der Waals surface area contributed by atoms with E-state index in [9.17, 15) is 4.79 Å². The monoisotopic (exact) mass is 657 g/mol. The molecule has 5 aromatic rings. The first-order chi connectivity index (χ1) is 16.8. The molecule has 0 spiro atoms. The Morgan fingerprint density at radius 2 is 1.77 bits per heavy atom. The lowest BCUT2D eigenvalue weighted by Gasteiger charge is -2.14. The van der Waals surface area contributed by atoms with Crippen LogP contribution in [0.1, 0.15) is 19.4 Å². The predicted molar refractivity (Wildman–Crippen MR) is 150 cm³/mol. The van der Waals surface area contributed by atoms with Crippen LogP contribution in [0.25, 0.3) is 33.5 Å². The summed E-state index contributed by atoms with van der Waals surface area (Å²) in [4.78, 5) is 18.2. The number of benzene rings is 3. The molecule has 0 saturated heterocycles. The molecule has 2 heterocycles. The van der Waals surface area contributed by atoms with Crippen molar-refractivity contribution in [2.75, 3.05) is 0 Å². The normalized spacial score (nSPS) is 11.8. The van der Waals surface area contributed by atoms with Gasteiger partial charge in [0.05, 0.1) is 32.2 Å². The Kier molecular flexibility index (Phi) is 6.65. The van der Waals surface area contributed by atoms with E-state index >= 15 is 0 Å². The summed E-state index contributed by atoms with van der Waals surface area (Å²) < 4.78 is 15.7. The molecule has 3 aromatic carbocycles. The average Bonchev–Trinajstić information content (AvgIpc) is 3.23. The molecular formula is C26H18Br3N3O3. The number of hydrogen-bond acceptors (Lipinski definition) is 5. The number of nitrogens with zero attached hydrogens (tertiary/aromatic N) is 3. The Labute approximate surface area is 226 Å². The SMILES string of the molecule is CC(C)Oc1c(Br)cc(C=Nn2c(-c3cc4cc(Br)ccc4o3)nc3ccccc3c2=O)cc1Br. The Bertz CT molecular complexity index is 1650. The fourth-order valence-corrected chi connectivity index (χ4v) is 5.43. The molecule has 0 atom stereocenters. The maximum absolute atomic E-state index is 13.4. The number of halogens is 3. The Morgan fingerprint density at radius 3 is 2.51 bits per heavy atom. The van der Waals surface area contributed by atoms with E-state index in [0.717, 1.165) is 24.4 Å². The van der Waals surface area contributed by atoms with Crippen molar-refractivity contribution in [3.8, 4) is 17.3 Å². The maximum atomic E-state index is 13.4. The Morgan fingerprint density at radius 1 is 1.03 bits per heavy atom. The fraction of sp³-hybridized carbons (Fsp3) is 0.115. The molecule has 6 nitrogen and oxygen atoms in total. The van der Waals surface area contributed by atoms with Crippen molar-refractivity contribution in [3.63, 3.8) is 0 Å². The minimum atomic E-state index is -0.290. The highest BCUT2D eigenvalue weighted by molar-refractivity contribution is 9.11. The van der Waals surface area contributed by atoms with Gasteiger partial charge in [0, 0.05) is 9.86 Å². The first kappa shape index (κ1) is 24.0. The summed E-state index contributed by atoms with van der Waals surface area (Å²) in [5.74, 6) is 1.46. The van der Waals surface area contributed by atoms with Gasteiger partial charge in [-0.05, 0) is 99.8 Å². The van der Waals surface area contributed by atoms with E-state index in [1.807, 2.05) is 56.3 Å². The number of rotatable bonds is 5. The number of fused-ring (bicyclic) bond motifs is 2. The van der Waals surface area contributed by atoms with Crippen molar-refractivity contribution in [1.29, 1.82) is 0 Å². The van der Waals surface area contributed by atoms with E-state index in [1.54, 1.807) is 24.4 Å². The van der Waals surface area contributed by atoms with Crippen LogP contribution in [0.4, 0.5) is 0 Å².